The van der Waals surface area contributed by atoms with Gasteiger partial charge in [-0.05, 0) is 37.5 Å². The van der Waals surface area contributed by atoms with E-state index in [4.69, 9.17) is 0 Å². The van der Waals surface area contributed by atoms with E-state index in [0.717, 1.165) is 40.4 Å². The Morgan fingerprint density at radius 3 is 2.68 bits per heavy atom. The smallest absolute Gasteiger partial charge is 0.236 e. The van der Waals surface area contributed by atoms with E-state index in [0.29, 0.717) is 6.54 Å². The molecule has 1 aromatic carbocycles. The fourth-order valence-electron chi connectivity index (χ4n) is 2.28. The lowest BCUT2D eigenvalue weighted by atomic mass is 10.1. The van der Waals surface area contributed by atoms with Gasteiger partial charge in [-0.3, -0.25) is 4.79 Å². The SMILES string of the molecule is CC(NCC(=O)N1CCCC1)c1ccc(Br)cc1Br. The Balaban J connectivity index is 1.89. The Bertz CT molecular complexity index is 459. The van der Waals surface area contributed by atoms with Gasteiger partial charge in [0.1, 0.15) is 0 Å². The highest BCUT2D eigenvalue weighted by Crippen LogP contribution is 2.26. The number of likely N-dealkylation sites (tertiary alicyclic amines) is 1. The number of rotatable bonds is 4. The van der Waals surface area contributed by atoms with Gasteiger partial charge in [-0.15, -0.1) is 0 Å². The zero-order valence-corrected chi connectivity index (χ0v) is 14.1. The summed E-state index contributed by atoms with van der Waals surface area (Å²) in [6, 6.07) is 6.25. The van der Waals surface area contributed by atoms with Crippen LogP contribution in [0.5, 0.6) is 0 Å². The number of carbonyl (C=O) groups is 1. The van der Waals surface area contributed by atoms with Gasteiger partial charge in [0.25, 0.3) is 0 Å². The summed E-state index contributed by atoms with van der Waals surface area (Å²) in [6.45, 7) is 4.31. The molecule has 0 aliphatic carbocycles. The van der Waals surface area contributed by atoms with Gasteiger partial charge in [-0.2, -0.15) is 0 Å². The van der Waals surface area contributed by atoms with Gasteiger partial charge in [0, 0.05) is 28.1 Å². The van der Waals surface area contributed by atoms with Crippen molar-refractivity contribution in [3.8, 4) is 0 Å². The van der Waals surface area contributed by atoms with Crippen molar-refractivity contribution in [2.75, 3.05) is 19.6 Å². The summed E-state index contributed by atoms with van der Waals surface area (Å²) in [4.78, 5) is 13.9. The van der Waals surface area contributed by atoms with Crippen molar-refractivity contribution in [3.63, 3.8) is 0 Å². The minimum absolute atomic E-state index is 0.147. The molecule has 1 unspecified atom stereocenters. The van der Waals surface area contributed by atoms with Crippen LogP contribution in [0.4, 0.5) is 0 Å². The minimum atomic E-state index is 0.147. The number of nitrogens with zero attached hydrogens (tertiary/aromatic N) is 1. The van der Waals surface area contributed by atoms with Crippen molar-refractivity contribution in [2.24, 2.45) is 0 Å². The third-order valence-electron chi connectivity index (χ3n) is 3.45. The molecule has 1 aliphatic rings. The zero-order valence-electron chi connectivity index (χ0n) is 11.0. The van der Waals surface area contributed by atoms with E-state index >= 15 is 0 Å². The molecule has 1 aromatic rings. The number of hydrogen-bond acceptors (Lipinski definition) is 2. The number of nitrogens with one attached hydrogen (secondary N) is 1. The summed E-state index contributed by atoms with van der Waals surface area (Å²) >= 11 is 7.00. The molecule has 0 aromatic heterocycles. The van der Waals surface area contributed by atoms with Crippen LogP contribution in [0.1, 0.15) is 31.4 Å². The Hall–Kier alpha value is -0.390. The number of carbonyl (C=O) groups excluding carboxylic acids is 1. The number of benzene rings is 1. The lowest BCUT2D eigenvalue weighted by Gasteiger charge is -2.19. The van der Waals surface area contributed by atoms with Crippen LogP contribution in [0.3, 0.4) is 0 Å². The van der Waals surface area contributed by atoms with Crippen LogP contribution in [-0.4, -0.2) is 30.4 Å². The van der Waals surface area contributed by atoms with Crippen molar-refractivity contribution < 1.29 is 4.79 Å². The molecule has 1 heterocycles. The molecule has 1 aliphatic heterocycles. The van der Waals surface area contributed by atoms with Gasteiger partial charge in [-0.1, -0.05) is 37.9 Å². The van der Waals surface area contributed by atoms with Gasteiger partial charge in [-0.25, -0.2) is 0 Å². The highest BCUT2D eigenvalue weighted by atomic mass is 79.9. The monoisotopic (exact) mass is 388 g/mol. The van der Waals surface area contributed by atoms with Crippen LogP contribution in [0.15, 0.2) is 27.1 Å². The maximum Gasteiger partial charge on any atom is 0.236 e. The second kappa shape index (κ2) is 6.86. The van der Waals surface area contributed by atoms with Gasteiger partial charge < -0.3 is 10.2 Å². The van der Waals surface area contributed by atoms with E-state index in [9.17, 15) is 4.79 Å². The lowest BCUT2D eigenvalue weighted by Crippen LogP contribution is -2.37. The average Bonchev–Trinajstić information content (AvgIpc) is 2.89. The van der Waals surface area contributed by atoms with Gasteiger partial charge >= 0.3 is 0 Å². The van der Waals surface area contributed by atoms with Crippen molar-refractivity contribution in [1.82, 2.24) is 10.2 Å². The van der Waals surface area contributed by atoms with Gasteiger partial charge in [0.05, 0.1) is 6.54 Å². The summed E-state index contributed by atoms with van der Waals surface area (Å²) in [7, 11) is 0. The number of amides is 1. The first-order valence-electron chi connectivity index (χ1n) is 6.54. The first-order chi connectivity index (χ1) is 9.08. The van der Waals surface area contributed by atoms with E-state index in [1.54, 1.807) is 0 Å². The van der Waals surface area contributed by atoms with Crippen molar-refractivity contribution >= 4 is 37.8 Å². The fraction of sp³-hybridized carbons (Fsp3) is 0.500. The van der Waals surface area contributed by atoms with E-state index in [1.165, 1.54) is 0 Å². The minimum Gasteiger partial charge on any atom is -0.342 e. The van der Waals surface area contributed by atoms with E-state index in [-0.39, 0.29) is 11.9 Å². The van der Waals surface area contributed by atoms with Crippen molar-refractivity contribution in [3.05, 3.63) is 32.7 Å². The highest BCUT2D eigenvalue weighted by Gasteiger charge is 2.18. The lowest BCUT2D eigenvalue weighted by molar-refractivity contribution is -0.129. The third kappa shape index (κ3) is 4.04. The molecule has 0 spiro atoms. The second-order valence-corrected chi connectivity index (χ2v) is 6.63. The maximum atomic E-state index is 12.0. The Labute approximate surface area is 131 Å². The molecule has 104 valence electrons. The standard InChI is InChI=1S/C14H18Br2N2O/c1-10(12-5-4-11(15)8-13(12)16)17-9-14(19)18-6-2-3-7-18/h4-5,8,10,17H,2-3,6-7,9H2,1H3. The summed E-state index contributed by atoms with van der Waals surface area (Å²) in [6.07, 6.45) is 2.28. The first kappa shape index (κ1) is 15.0. The number of halogens is 2. The van der Waals surface area contributed by atoms with Crippen LogP contribution in [0.25, 0.3) is 0 Å². The summed E-state index contributed by atoms with van der Waals surface area (Å²) < 4.78 is 2.10. The van der Waals surface area contributed by atoms with E-state index in [1.807, 2.05) is 17.0 Å². The van der Waals surface area contributed by atoms with Gasteiger partial charge in [0.15, 0.2) is 0 Å². The van der Waals surface area contributed by atoms with E-state index < -0.39 is 0 Å². The molecular weight excluding hydrogens is 372 g/mol. The average molecular weight is 390 g/mol. The van der Waals surface area contributed by atoms with Crippen molar-refractivity contribution in [1.29, 1.82) is 0 Å². The summed E-state index contributed by atoms with van der Waals surface area (Å²) in [5.74, 6) is 0.206. The largest absolute Gasteiger partial charge is 0.342 e. The van der Waals surface area contributed by atoms with Crippen LogP contribution in [0, 0.1) is 0 Å². The molecule has 0 saturated carbocycles. The highest BCUT2D eigenvalue weighted by molar-refractivity contribution is 9.11. The predicted molar refractivity (Wildman–Crippen MR) is 84.1 cm³/mol. The summed E-state index contributed by atoms with van der Waals surface area (Å²) in [5.41, 5.74) is 1.16. The van der Waals surface area contributed by atoms with Crippen LogP contribution in [-0.2, 0) is 4.79 Å². The fourth-order valence-corrected chi connectivity index (χ4v) is 3.67. The molecule has 1 amide bonds. The molecule has 3 nitrogen and oxygen atoms in total. The number of hydrogen-bond donors (Lipinski definition) is 1. The molecular formula is C14H18Br2N2O. The predicted octanol–water partition coefficient (Wildman–Crippen LogP) is 3.48. The molecule has 5 heteroatoms. The van der Waals surface area contributed by atoms with E-state index in [2.05, 4.69) is 50.2 Å². The zero-order chi connectivity index (χ0) is 13.8. The van der Waals surface area contributed by atoms with Crippen LogP contribution >= 0.6 is 31.9 Å². The molecule has 1 saturated heterocycles. The topological polar surface area (TPSA) is 32.3 Å². The molecule has 19 heavy (non-hydrogen) atoms. The summed E-state index contributed by atoms with van der Waals surface area (Å²) in [5, 5.41) is 3.30. The van der Waals surface area contributed by atoms with Crippen LogP contribution < -0.4 is 5.32 Å². The second-order valence-electron chi connectivity index (χ2n) is 4.86. The van der Waals surface area contributed by atoms with Crippen molar-refractivity contribution in [2.45, 2.75) is 25.8 Å². The Kier molecular flexibility index (Phi) is 5.42. The molecule has 1 fully saturated rings. The normalized spacial score (nSPS) is 16.7. The first-order valence-corrected chi connectivity index (χ1v) is 8.12. The maximum absolute atomic E-state index is 12.0. The molecule has 1 N–H and O–H groups in total. The quantitative estimate of drug-likeness (QED) is 0.854. The van der Waals surface area contributed by atoms with Crippen LogP contribution in [0.2, 0.25) is 0 Å². The Morgan fingerprint density at radius 2 is 2.05 bits per heavy atom. The molecule has 1 atom stereocenters. The van der Waals surface area contributed by atoms with Gasteiger partial charge in [0.2, 0.25) is 5.91 Å². The Morgan fingerprint density at radius 1 is 1.37 bits per heavy atom. The molecule has 0 bridgehead atoms. The third-order valence-corrected chi connectivity index (χ3v) is 4.63. The molecule has 0 radical (unpaired) electrons. The molecule has 2 rings (SSSR count).